The monoisotopic (exact) mass is 281 g/mol. The number of hydrogen-bond donors (Lipinski definition) is 2. The highest BCUT2D eigenvalue weighted by atomic mass is 16.5. The van der Waals surface area contributed by atoms with E-state index < -0.39 is 11.5 Å². The minimum Gasteiger partial charge on any atom is -0.490 e. The van der Waals surface area contributed by atoms with E-state index >= 15 is 0 Å². The molecule has 0 amide bonds. The van der Waals surface area contributed by atoms with Gasteiger partial charge >= 0.3 is 5.97 Å². The van der Waals surface area contributed by atoms with Crippen molar-refractivity contribution in [2.24, 2.45) is 5.73 Å². The van der Waals surface area contributed by atoms with E-state index in [9.17, 15) is 9.90 Å². The van der Waals surface area contributed by atoms with Gasteiger partial charge in [-0.2, -0.15) is 0 Å². The summed E-state index contributed by atoms with van der Waals surface area (Å²) in [5, 5.41) is 9.18. The molecule has 1 aromatic carbocycles. The summed E-state index contributed by atoms with van der Waals surface area (Å²) in [6, 6.07) is 5.02. The molecule has 0 fully saturated rings. The van der Waals surface area contributed by atoms with E-state index in [2.05, 4.69) is 0 Å². The Balaban J connectivity index is 3.09. The van der Waals surface area contributed by atoms with Crippen molar-refractivity contribution in [1.82, 2.24) is 0 Å². The molecule has 3 N–H and O–H groups in total. The van der Waals surface area contributed by atoms with Crippen molar-refractivity contribution in [1.29, 1.82) is 0 Å². The maximum absolute atomic E-state index is 11.2. The molecule has 20 heavy (non-hydrogen) atoms. The molecule has 0 heterocycles. The van der Waals surface area contributed by atoms with Crippen molar-refractivity contribution in [3.8, 4) is 11.5 Å². The lowest BCUT2D eigenvalue weighted by Gasteiger charge is -2.21. The first-order chi connectivity index (χ1) is 9.43. The molecule has 5 nitrogen and oxygen atoms in total. The first kappa shape index (κ1) is 16.3. The van der Waals surface area contributed by atoms with E-state index in [4.69, 9.17) is 15.2 Å². The van der Waals surface area contributed by atoms with E-state index in [0.29, 0.717) is 30.3 Å². The van der Waals surface area contributed by atoms with Gasteiger partial charge in [0.2, 0.25) is 0 Å². The molecule has 1 rings (SSSR count). The fourth-order valence-corrected chi connectivity index (χ4v) is 1.61. The number of carbonyl (C=O) groups is 1. The van der Waals surface area contributed by atoms with Gasteiger partial charge in [-0.05, 0) is 37.5 Å². The second kappa shape index (κ2) is 7.14. The topological polar surface area (TPSA) is 81.8 Å². The Bertz CT molecular complexity index is 457. The van der Waals surface area contributed by atoms with Crippen molar-refractivity contribution in [2.45, 2.75) is 39.2 Å². The summed E-state index contributed by atoms with van der Waals surface area (Å²) < 4.78 is 11.2. The van der Waals surface area contributed by atoms with Crippen molar-refractivity contribution < 1.29 is 19.4 Å². The number of carboxylic acids is 1. The number of carboxylic acid groups (broad SMARTS) is 1. The molecule has 1 aromatic rings. The Kier molecular flexibility index (Phi) is 5.82. The van der Waals surface area contributed by atoms with Gasteiger partial charge in [-0.25, -0.2) is 4.79 Å². The smallest absolute Gasteiger partial charge is 0.328 e. The van der Waals surface area contributed by atoms with Gasteiger partial charge in [-0.1, -0.05) is 19.9 Å². The standard InChI is InChI=1S/C15H23NO4/c1-4-8-19-12-7-6-11(15(3,16)14(17)18)10-13(12)20-9-5-2/h6-7,10H,4-5,8-9,16H2,1-3H3,(H,17,18). The number of hydrogen-bond acceptors (Lipinski definition) is 4. The summed E-state index contributed by atoms with van der Waals surface area (Å²) >= 11 is 0. The zero-order valence-corrected chi connectivity index (χ0v) is 12.3. The van der Waals surface area contributed by atoms with Crippen molar-refractivity contribution in [2.75, 3.05) is 13.2 Å². The normalized spacial score (nSPS) is 13.6. The maximum Gasteiger partial charge on any atom is 0.328 e. The molecule has 0 aliphatic carbocycles. The minimum atomic E-state index is -1.45. The van der Waals surface area contributed by atoms with E-state index in [1.165, 1.54) is 6.92 Å². The zero-order chi connectivity index (χ0) is 15.2. The molecule has 1 atom stereocenters. The van der Waals surface area contributed by atoms with Crippen LogP contribution in [-0.2, 0) is 10.3 Å². The molecule has 1 unspecified atom stereocenters. The molecule has 5 heteroatoms. The Morgan fingerprint density at radius 2 is 1.75 bits per heavy atom. The average molecular weight is 281 g/mol. The van der Waals surface area contributed by atoms with Crippen LogP contribution in [0.4, 0.5) is 0 Å². The Labute approximate surface area is 119 Å². The van der Waals surface area contributed by atoms with E-state index in [1.54, 1.807) is 18.2 Å². The van der Waals surface area contributed by atoms with Gasteiger partial charge in [0, 0.05) is 0 Å². The van der Waals surface area contributed by atoms with E-state index in [1.807, 2.05) is 13.8 Å². The van der Waals surface area contributed by atoms with Gasteiger partial charge in [-0.15, -0.1) is 0 Å². The third-order valence-electron chi connectivity index (χ3n) is 2.91. The third-order valence-corrected chi connectivity index (χ3v) is 2.91. The molecule has 0 saturated heterocycles. The highest BCUT2D eigenvalue weighted by Gasteiger charge is 2.31. The highest BCUT2D eigenvalue weighted by molar-refractivity contribution is 5.80. The predicted octanol–water partition coefficient (Wildman–Crippen LogP) is 2.52. The molecule has 0 saturated carbocycles. The summed E-state index contributed by atoms with van der Waals surface area (Å²) in [5.41, 5.74) is 4.87. The zero-order valence-electron chi connectivity index (χ0n) is 12.3. The first-order valence-corrected chi connectivity index (χ1v) is 6.85. The van der Waals surface area contributed by atoms with Crippen LogP contribution in [-0.4, -0.2) is 24.3 Å². The highest BCUT2D eigenvalue weighted by Crippen LogP contribution is 2.32. The fourth-order valence-electron chi connectivity index (χ4n) is 1.61. The number of aliphatic carboxylic acids is 1. The van der Waals surface area contributed by atoms with Gasteiger partial charge < -0.3 is 20.3 Å². The summed E-state index contributed by atoms with van der Waals surface area (Å²) in [4.78, 5) is 11.2. The van der Waals surface area contributed by atoms with Crippen LogP contribution in [0.2, 0.25) is 0 Å². The molecule has 0 aliphatic heterocycles. The molecule has 112 valence electrons. The van der Waals surface area contributed by atoms with Crippen LogP contribution >= 0.6 is 0 Å². The summed E-state index contributed by atoms with van der Waals surface area (Å²) in [5.74, 6) is 0.0714. The average Bonchev–Trinajstić information content (AvgIpc) is 2.42. The van der Waals surface area contributed by atoms with E-state index in [0.717, 1.165) is 12.8 Å². The number of nitrogens with two attached hydrogens (primary N) is 1. The molecular weight excluding hydrogens is 258 g/mol. The lowest BCUT2D eigenvalue weighted by Crippen LogP contribution is -2.41. The van der Waals surface area contributed by atoms with Gasteiger partial charge in [0.15, 0.2) is 11.5 Å². The number of benzene rings is 1. The van der Waals surface area contributed by atoms with Crippen LogP contribution < -0.4 is 15.2 Å². The Hall–Kier alpha value is -1.75. The summed E-state index contributed by atoms with van der Waals surface area (Å²) in [6.45, 7) is 6.60. The van der Waals surface area contributed by atoms with Crippen LogP contribution in [0, 0.1) is 0 Å². The molecule has 0 radical (unpaired) electrons. The lowest BCUT2D eigenvalue weighted by atomic mass is 9.93. The minimum absolute atomic E-state index is 0.486. The summed E-state index contributed by atoms with van der Waals surface area (Å²) in [6.07, 6.45) is 1.75. The van der Waals surface area contributed by atoms with Crippen LogP contribution in [0.5, 0.6) is 11.5 Å². The molecule has 0 aliphatic rings. The second-order valence-corrected chi connectivity index (χ2v) is 4.87. The Morgan fingerprint density at radius 3 is 2.25 bits per heavy atom. The number of rotatable bonds is 8. The molecule has 0 aromatic heterocycles. The maximum atomic E-state index is 11.2. The SMILES string of the molecule is CCCOc1ccc(C(C)(N)C(=O)O)cc1OCCC. The molecule has 0 spiro atoms. The van der Waals surface area contributed by atoms with Crippen LogP contribution in [0.15, 0.2) is 18.2 Å². The molecule has 0 bridgehead atoms. The van der Waals surface area contributed by atoms with E-state index in [-0.39, 0.29) is 0 Å². The van der Waals surface area contributed by atoms with Crippen LogP contribution in [0.25, 0.3) is 0 Å². The van der Waals surface area contributed by atoms with Crippen LogP contribution in [0.3, 0.4) is 0 Å². The fraction of sp³-hybridized carbons (Fsp3) is 0.533. The number of ether oxygens (including phenoxy) is 2. The largest absolute Gasteiger partial charge is 0.490 e. The first-order valence-electron chi connectivity index (χ1n) is 6.85. The lowest BCUT2D eigenvalue weighted by molar-refractivity contribution is -0.143. The van der Waals surface area contributed by atoms with Crippen molar-refractivity contribution in [3.63, 3.8) is 0 Å². The quantitative estimate of drug-likeness (QED) is 0.765. The third kappa shape index (κ3) is 3.87. The van der Waals surface area contributed by atoms with Crippen molar-refractivity contribution in [3.05, 3.63) is 23.8 Å². The molecular formula is C15H23NO4. The van der Waals surface area contributed by atoms with Crippen molar-refractivity contribution >= 4 is 5.97 Å². The predicted molar refractivity (Wildman–Crippen MR) is 77.2 cm³/mol. The van der Waals surface area contributed by atoms with Gasteiger partial charge in [0.25, 0.3) is 0 Å². The summed E-state index contributed by atoms with van der Waals surface area (Å²) in [7, 11) is 0. The van der Waals surface area contributed by atoms with Crippen LogP contribution in [0.1, 0.15) is 39.2 Å². The van der Waals surface area contributed by atoms with Gasteiger partial charge in [0.1, 0.15) is 5.54 Å². The Morgan fingerprint density at radius 1 is 1.20 bits per heavy atom. The second-order valence-electron chi connectivity index (χ2n) is 4.87. The van der Waals surface area contributed by atoms with Gasteiger partial charge in [0.05, 0.1) is 13.2 Å². The van der Waals surface area contributed by atoms with Gasteiger partial charge in [-0.3, -0.25) is 0 Å².